The lowest BCUT2D eigenvalue weighted by Crippen LogP contribution is -2.25. The molecule has 2 aromatic rings. The zero-order valence-electron chi connectivity index (χ0n) is 11.3. The van der Waals surface area contributed by atoms with Crippen LogP contribution in [0.15, 0.2) is 48.5 Å². The number of rotatable bonds is 5. The Morgan fingerprint density at radius 3 is 2.20 bits per heavy atom. The fraction of sp³-hybridized carbons (Fsp3) is 0.235. The second-order valence-electron chi connectivity index (χ2n) is 4.91. The molecular formula is C17H17NO2. The predicted octanol–water partition coefficient (Wildman–Crippen LogP) is 3.29. The van der Waals surface area contributed by atoms with Crippen molar-refractivity contribution in [1.29, 1.82) is 0 Å². The first kappa shape index (κ1) is 12.7. The molecule has 0 aliphatic carbocycles. The summed E-state index contributed by atoms with van der Waals surface area (Å²) in [6, 6.07) is 17.0. The van der Waals surface area contributed by atoms with E-state index in [0.29, 0.717) is 13.1 Å². The molecule has 0 spiro atoms. The Morgan fingerprint density at radius 1 is 1.00 bits per heavy atom. The van der Waals surface area contributed by atoms with Crippen LogP contribution in [-0.2, 0) is 16.0 Å². The number of carbonyl (C=O) groups is 1. The van der Waals surface area contributed by atoms with Crippen molar-refractivity contribution in [1.82, 2.24) is 0 Å². The van der Waals surface area contributed by atoms with Gasteiger partial charge in [-0.1, -0.05) is 36.4 Å². The predicted molar refractivity (Wildman–Crippen MR) is 79.3 cm³/mol. The summed E-state index contributed by atoms with van der Waals surface area (Å²) >= 11 is 0. The number of hydrogen-bond donors (Lipinski definition) is 0. The third kappa shape index (κ3) is 2.39. The maximum absolute atomic E-state index is 10.2. The van der Waals surface area contributed by atoms with Gasteiger partial charge in [-0.2, -0.15) is 0 Å². The van der Waals surface area contributed by atoms with Crippen LogP contribution in [0.2, 0.25) is 0 Å². The van der Waals surface area contributed by atoms with E-state index in [4.69, 9.17) is 4.74 Å². The maximum atomic E-state index is 10.2. The van der Waals surface area contributed by atoms with Gasteiger partial charge in [0.15, 0.2) is 0 Å². The topological polar surface area (TPSA) is 29.5 Å². The monoisotopic (exact) mass is 267 g/mol. The summed E-state index contributed by atoms with van der Waals surface area (Å²) in [6.45, 7) is 1.82. The zero-order valence-corrected chi connectivity index (χ0v) is 11.3. The largest absolute Gasteiger partial charge is 0.468 e. The third-order valence-electron chi connectivity index (χ3n) is 3.66. The highest BCUT2D eigenvalue weighted by Gasteiger charge is 2.21. The Hall–Kier alpha value is -2.29. The fourth-order valence-corrected chi connectivity index (χ4v) is 2.78. The standard InChI is InChI=1S/C17H17NO2/c19-13-20-11-5-10-18-16-8-3-1-6-14(16)12-15-7-2-4-9-17(15)18/h1-4,6-9,13H,5,10-12H2. The Labute approximate surface area is 118 Å². The van der Waals surface area contributed by atoms with Crippen molar-refractivity contribution >= 4 is 17.8 Å². The molecule has 0 aromatic heterocycles. The molecule has 3 heteroatoms. The highest BCUT2D eigenvalue weighted by molar-refractivity contribution is 5.74. The molecule has 0 bridgehead atoms. The van der Waals surface area contributed by atoms with Crippen molar-refractivity contribution in [3.63, 3.8) is 0 Å². The van der Waals surface area contributed by atoms with Gasteiger partial charge in [-0.3, -0.25) is 4.79 Å². The number of hydrogen-bond acceptors (Lipinski definition) is 3. The molecule has 0 saturated heterocycles. The van der Waals surface area contributed by atoms with E-state index in [-0.39, 0.29) is 0 Å². The number of carbonyl (C=O) groups excluding carboxylic acids is 1. The van der Waals surface area contributed by atoms with E-state index in [1.807, 2.05) is 0 Å². The third-order valence-corrected chi connectivity index (χ3v) is 3.66. The van der Waals surface area contributed by atoms with E-state index in [1.165, 1.54) is 22.5 Å². The number of nitrogens with zero attached hydrogens (tertiary/aromatic N) is 1. The van der Waals surface area contributed by atoms with E-state index >= 15 is 0 Å². The van der Waals surface area contributed by atoms with Crippen LogP contribution in [0.4, 0.5) is 11.4 Å². The minimum absolute atomic E-state index is 0.463. The van der Waals surface area contributed by atoms with Gasteiger partial charge in [0, 0.05) is 24.3 Å². The summed E-state index contributed by atoms with van der Waals surface area (Å²) in [4.78, 5) is 12.5. The van der Waals surface area contributed by atoms with Gasteiger partial charge in [0.2, 0.25) is 0 Å². The molecule has 102 valence electrons. The number of fused-ring (bicyclic) bond motifs is 2. The van der Waals surface area contributed by atoms with Crippen LogP contribution in [-0.4, -0.2) is 19.6 Å². The molecule has 0 unspecified atom stereocenters. The van der Waals surface area contributed by atoms with Crippen LogP contribution in [0.1, 0.15) is 17.5 Å². The molecule has 0 atom stereocenters. The van der Waals surface area contributed by atoms with Gasteiger partial charge in [-0.15, -0.1) is 0 Å². The molecule has 2 aromatic carbocycles. The van der Waals surface area contributed by atoms with Gasteiger partial charge in [-0.25, -0.2) is 0 Å². The first-order chi connectivity index (χ1) is 9.90. The Bertz CT molecular complexity index is 564. The van der Waals surface area contributed by atoms with Crippen molar-refractivity contribution in [2.24, 2.45) is 0 Å². The molecule has 1 heterocycles. The minimum atomic E-state index is 0.463. The average molecular weight is 267 g/mol. The maximum Gasteiger partial charge on any atom is 0.293 e. The molecule has 0 saturated carbocycles. The quantitative estimate of drug-likeness (QED) is 0.615. The van der Waals surface area contributed by atoms with Gasteiger partial charge in [0.05, 0.1) is 6.61 Å². The lowest BCUT2D eigenvalue weighted by Gasteiger charge is -2.33. The zero-order chi connectivity index (χ0) is 13.8. The number of para-hydroxylation sites is 2. The second kappa shape index (κ2) is 5.78. The minimum Gasteiger partial charge on any atom is -0.468 e. The molecular weight excluding hydrogens is 250 g/mol. The molecule has 0 amide bonds. The average Bonchev–Trinajstić information content (AvgIpc) is 2.50. The summed E-state index contributed by atoms with van der Waals surface area (Å²) in [5.74, 6) is 0. The van der Waals surface area contributed by atoms with Gasteiger partial charge in [0.25, 0.3) is 6.47 Å². The van der Waals surface area contributed by atoms with Crippen molar-refractivity contribution in [3.8, 4) is 0 Å². The Balaban J connectivity index is 1.89. The Kier molecular flexibility index (Phi) is 3.68. The lowest BCUT2D eigenvalue weighted by atomic mass is 9.95. The number of ether oxygens (including phenoxy) is 1. The van der Waals surface area contributed by atoms with Crippen LogP contribution in [0.3, 0.4) is 0 Å². The summed E-state index contributed by atoms with van der Waals surface area (Å²) in [5.41, 5.74) is 5.22. The van der Waals surface area contributed by atoms with Crippen molar-refractivity contribution in [2.75, 3.05) is 18.1 Å². The van der Waals surface area contributed by atoms with E-state index in [0.717, 1.165) is 19.4 Å². The van der Waals surface area contributed by atoms with Crippen LogP contribution in [0.5, 0.6) is 0 Å². The molecule has 3 rings (SSSR count). The van der Waals surface area contributed by atoms with Crippen LogP contribution in [0.25, 0.3) is 0 Å². The van der Waals surface area contributed by atoms with Gasteiger partial charge in [0.1, 0.15) is 0 Å². The first-order valence-electron chi connectivity index (χ1n) is 6.89. The molecule has 1 aliphatic rings. The molecule has 0 radical (unpaired) electrons. The van der Waals surface area contributed by atoms with E-state index in [9.17, 15) is 4.79 Å². The number of anilines is 2. The highest BCUT2D eigenvalue weighted by atomic mass is 16.5. The van der Waals surface area contributed by atoms with Crippen molar-refractivity contribution in [3.05, 3.63) is 59.7 Å². The van der Waals surface area contributed by atoms with Gasteiger partial charge in [-0.05, 0) is 29.7 Å². The highest BCUT2D eigenvalue weighted by Crippen LogP contribution is 2.38. The summed E-state index contributed by atoms with van der Waals surface area (Å²) in [5, 5.41) is 0. The summed E-state index contributed by atoms with van der Waals surface area (Å²) in [7, 11) is 0. The van der Waals surface area contributed by atoms with Crippen molar-refractivity contribution in [2.45, 2.75) is 12.8 Å². The molecule has 1 aliphatic heterocycles. The van der Waals surface area contributed by atoms with E-state index in [2.05, 4.69) is 53.4 Å². The SMILES string of the molecule is O=COCCCN1c2ccccc2Cc2ccccc21. The molecule has 0 N–H and O–H groups in total. The van der Waals surface area contributed by atoms with Crippen LogP contribution in [0, 0.1) is 0 Å². The van der Waals surface area contributed by atoms with E-state index in [1.54, 1.807) is 0 Å². The summed E-state index contributed by atoms with van der Waals surface area (Å²) < 4.78 is 4.79. The normalized spacial score (nSPS) is 12.5. The second-order valence-corrected chi connectivity index (χ2v) is 4.91. The fourth-order valence-electron chi connectivity index (χ4n) is 2.78. The van der Waals surface area contributed by atoms with Gasteiger partial charge >= 0.3 is 0 Å². The molecule has 0 fully saturated rings. The Morgan fingerprint density at radius 2 is 1.60 bits per heavy atom. The van der Waals surface area contributed by atoms with Crippen molar-refractivity contribution < 1.29 is 9.53 Å². The first-order valence-corrected chi connectivity index (χ1v) is 6.89. The van der Waals surface area contributed by atoms with Crippen LogP contribution >= 0.6 is 0 Å². The smallest absolute Gasteiger partial charge is 0.293 e. The summed E-state index contributed by atoms with van der Waals surface area (Å²) in [6.07, 6.45) is 1.80. The lowest BCUT2D eigenvalue weighted by molar-refractivity contribution is -0.128. The van der Waals surface area contributed by atoms with Crippen LogP contribution < -0.4 is 4.90 Å². The molecule has 20 heavy (non-hydrogen) atoms. The molecule has 3 nitrogen and oxygen atoms in total. The number of benzene rings is 2. The van der Waals surface area contributed by atoms with E-state index < -0.39 is 0 Å². The van der Waals surface area contributed by atoms with Gasteiger partial charge < -0.3 is 9.64 Å².